The molecule has 0 amide bonds. The number of pyridine rings is 1. The first-order valence-corrected chi connectivity index (χ1v) is 8.06. The van der Waals surface area contributed by atoms with Crippen molar-refractivity contribution < 1.29 is 5.11 Å². The predicted octanol–water partition coefficient (Wildman–Crippen LogP) is 3.15. The number of phenols is 1. The van der Waals surface area contributed by atoms with E-state index in [1.807, 2.05) is 40.9 Å². The Labute approximate surface area is 144 Å². The molecule has 0 aliphatic rings. The Morgan fingerprint density at radius 3 is 2.80 bits per heavy atom. The third-order valence-corrected chi connectivity index (χ3v) is 3.97. The van der Waals surface area contributed by atoms with Crippen LogP contribution < -0.4 is 5.32 Å². The molecule has 0 spiro atoms. The first kappa shape index (κ1) is 15.1. The summed E-state index contributed by atoms with van der Waals surface area (Å²) in [5.41, 5.74) is 3.59. The van der Waals surface area contributed by atoms with Gasteiger partial charge in [-0.2, -0.15) is 0 Å². The molecule has 6 heteroatoms. The molecule has 3 heterocycles. The van der Waals surface area contributed by atoms with E-state index in [4.69, 9.17) is 0 Å². The first-order chi connectivity index (χ1) is 12.3. The summed E-state index contributed by atoms with van der Waals surface area (Å²) < 4.78 is 1.96. The van der Waals surface area contributed by atoms with Gasteiger partial charge in [0.2, 0.25) is 0 Å². The molecule has 0 aliphatic heterocycles. The highest BCUT2D eigenvalue weighted by molar-refractivity contribution is 5.71. The third kappa shape index (κ3) is 3.14. The van der Waals surface area contributed by atoms with Crippen molar-refractivity contribution in [2.75, 3.05) is 11.9 Å². The van der Waals surface area contributed by atoms with E-state index in [1.54, 1.807) is 30.7 Å². The number of aromatic hydroxyl groups is 1. The van der Waals surface area contributed by atoms with Gasteiger partial charge in [0.25, 0.3) is 0 Å². The molecule has 4 aromatic rings. The number of anilines is 1. The van der Waals surface area contributed by atoms with Crippen LogP contribution in [0.3, 0.4) is 0 Å². The molecular formula is C19H17N5O. The van der Waals surface area contributed by atoms with Gasteiger partial charge in [0.1, 0.15) is 5.75 Å². The molecule has 124 valence electrons. The molecule has 0 saturated heterocycles. The topological polar surface area (TPSA) is 75.3 Å². The van der Waals surface area contributed by atoms with Crippen molar-refractivity contribution in [1.29, 1.82) is 0 Å². The van der Waals surface area contributed by atoms with E-state index in [-0.39, 0.29) is 5.75 Å². The summed E-state index contributed by atoms with van der Waals surface area (Å²) in [6.45, 7) is 0.720. The smallest absolute Gasteiger partial charge is 0.180 e. The molecule has 25 heavy (non-hydrogen) atoms. The van der Waals surface area contributed by atoms with Crippen LogP contribution >= 0.6 is 0 Å². The van der Waals surface area contributed by atoms with Crippen LogP contribution in [0.25, 0.3) is 16.9 Å². The Bertz CT molecular complexity index is 997. The normalized spacial score (nSPS) is 10.9. The summed E-state index contributed by atoms with van der Waals surface area (Å²) in [6.07, 6.45) is 8.00. The van der Waals surface area contributed by atoms with Crippen molar-refractivity contribution in [3.05, 3.63) is 72.9 Å². The molecule has 0 unspecified atom stereocenters. The minimum atomic E-state index is 0.232. The van der Waals surface area contributed by atoms with Gasteiger partial charge in [-0.15, -0.1) is 0 Å². The van der Waals surface area contributed by atoms with E-state index in [0.717, 1.165) is 41.4 Å². The monoisotopic (exact) mass is 331 g/mol. The molecule has 0 fully saturated rings. The highest BCUT2D eigenvalue weighted by Crippen LogP contribution is 2.25. The van der Waals surface area contributed by atoms with Crippen LogP contribution in [0.4, 0.5) is 5.82 Å². The maximum absolute atomic E-state index is 9.70. The van der Waals surface area contributed by atoms with E-state index < -0.39 is 0 Å². The Hall–Kier alpha value is -3.41. The number of aromatic nitrogens is 4. The number of fused-ring (bicyclic) bond motifs is 1. The van der Waals surface area contributed by atoms with Crippen LogP contribution in [0.15, 0.2) is 67.3 Å². The van der Waals surface area contributed by atoms with Crippen molar-refractivity contribution in [3.63, 3.8) is 0 Å². The summed E-state index contributed by atoms with van der Waals surface area (Å²) in [6, 6.07) is 13.0. The lowest BCUT2D eigenvalue weighted by atomic mass is 10.1. The third-order valence-electron chi connectivity index (χ3n) is 3.97. The number of hydrogen-bond acceptors (Lipinski definition) is 5. The summed E-state index contributed by atoms with van der Waals surface area (Å²) >= 11 is 0. The zero-order valence-electron chi connectivity index (χ0n) is 13.5. The van der Waals surface area contributed by atoms with Gasteiger partial charge < -0.3 is 10.4 Å². The number of nitrogens with zero attached hydrogens (tertiary/aromatic N) is 4. The summed E-state index contributed by atoms with van der Waals surface area (Å²) in [5.74, 6) is 0.958. The summed E-state index contributed by atoms with van der Waals surface area (Å²) in [7, 11) is 0. The number of rotatable bonds is 5. The molecule has 0 saturated carbocycles. The van der Waals surface area contributed by atoms with Crippen LogP contribution in [0.5, 0.6) is 5.75 Å². The lowest BCUT2D eigenvalue weighted by Gasteiger charge is -2.08. The number of imidazole rings is 1. The van der Waals surface area contributed by atoms with E-state index in [9.17, 15) is 5.11 Å². The summed E-state index contributed by atoms with van der Waals surface area (Å²) in [5, 5.41) is 13.0. The lowest BCUT2D eigenvalue weighted by molar-refractivity contribution is 0.475. The van der Waals surface area contributed by atoms with Crippen LogP contribution in [0, 0.1) is 0 Å². The average molecular weight is 331 g/mol. The van der Waals surface area contributed by atoms with E-state index >= 15 is 0 Å². The fraction of sp³-hybridized carbons (Fsp3) is 0.105. The largest absolute Gasteiger partial charge is 0.508 e. The van der Waals surface area contributed by atoms with Gasteiger partial charge in [-0.25, -0.2) is 9.97 Å². The van der Waals surface area contributed by atoms with Crippen LogP contribution in [0.1, 0.15) is 5.69 Å². The quantitative estimate of drug-likeness (QED) is 0.587. The second-order valence-electron chi connectivity index (χ2n) is 5.66. The Kier molecular flexibility index (Phi) is 4.00. The molecule has 0 bridgehead atoms. The Morgan fingerprint density at radius 1 is 1.00 bits per heavy atom. The molecule has 0 atom stereocenters. The SMILES string of the molecule is Oc1cccc(-c2cnc3c(NCCc4ccccn4)nccn23)c1. The van der Waals surface area contributed by atoms with Gasteiger partial charge in [-0.1, -0.05) is 18.2 Å². The van der Waals surface area contributed by atoms with E-state index in [2.05, 4.69) is 20.3 Å². The van der Waals surface area contributed by atoms with Crippen molar-refractivity contribution in [2.45, 2.75) is 6.42 Å². The molecular weight excluding hydrogens is 314 g/mol. The number of benzene rings is 1. The molecule has 2 N–H and O–H groups in total. The Morgan fingerprint density at radius 2 is 1.96 bits per heavy atom. The maximum atomic E-state index is 9.70. The van der Waals surface area contributed by atoms with E-state index in [0.29, 0.717) is 0 Å². The zero-order valence-corrected chi connectivity index (χ0v) is 13.5. The van der Waals surface area contributed by atoms with Crippen LogP contribution in [-0.4, -0.2) is 31.0 Å². The second-order valence-corrected chi connectivity index (χ2v) is 5.66. The highest BCUT2D eigenvalue weighted by atomic mass is 16.3. The highest BCUT2D eigenvalue weighted by Gasteiger charge is 2.10. The van der Waals surface area contributed by atoms with Gasteiger partial charge in [0.15, 0.2) is 11.5 Å². The molecule has 6 nitrogen and oxygen atoms in total. The lowest BCUT2D eigenvalue weighted by Crippen LogP contribution is -2.08. The number of phenolic OH excluding ortho intramolecular Hbond substituents is 1. The Balaban J connectivity index is 1.59. The van der Waals surface area contributed by atoms with Gasteiger partial charge in [-0.05, 0) is 24.3 Å². The molecule has 3 aromatic heterocycles. The minimum Gasteiger partial charge on any atom is -0.508 e. The van der Waals surface area contributed by atoms with Crippen molar-refractivity contribution >= 4 is 11.5 Å². The van der Waals surface area contributed by atoms with Crippen molar-refractivity contribution in [2.24, 2.45) is 0 Å². The maximum Gasteiger partial charge on any atom is 0.180 e. The van der Waals surface area contributed by atoms with Gasteiger partial charge in [0, 0.05) is 42.8 Å². The summed E-state index contributed by atoms with van der Waals surface area (Å²) in [4.78, 5) is 13.2. The molecule has 0 aliphatic carbocycles. The number of hydrogen-bond donors (Lipinski definition) is 2. The standard InChI is InChI=1S/C19H17N5O/c25-16-6-3-4-14(12-16)17-13-23-19-18(22-10-11-24(17)19)21-9-7-15-5-1-2-8-20-15/h1-6,8,10-13,25H,7,9H2,(H,21,22). The van der Waals surface area contributed by atoms with Gasteiger partial charge >= 0.3 is 0 Å². The molecule has 0 radical (unpaired) electrons. The first-order valence-electron chi connectivity index (χ1n) is 8.06. The molecule has 1 aromatic carbocycles. The van der Waals surface area contributed by atoms with Crippen LogP contribution in [-0.2, 0) is 6.42 Å². The predicted molar refractivity (Wildman–Crippen MR) is 96.5 cm³/mol. The fourth-order valence-electron chi connectivity index (χ4n) is 2.78. The molecule has 4 rings (SSSR count). The fourth-order valence-corrected chi connectivity index (χ4v) is 2.78. The zero-order chi connectivity index (χ0) is 17.1. The number of nitrogens with one attached hydrogen (secondary N) is 1. The van der Waals surface area contributed by atoms with Gasteiger partial charge in [-0.3, -0.25) is 9.38 Å². The average Bonchev–Trinajstić information content (AvgIpc) is 3.08. The van der Waals surface area contributed by atoms with Crippen molar-refractivity contribution in [1.82, 2.24) is 19.4 Å². The second kappa shape index (κ2) is 6.60. The van der Waals surface area contributed by atoms with Gasteiger partial charge in [0.05, 0.1) is 11.9 Å². The minimum absolute atomic E-state index is 0.232. The van der Waals surface area contributed by atoms with Crippen LogP contribution in [0.2, 0.25) is 0 Å². The van der Waals surface area contributed by atoms with Crippen molar-refractivity contribution in [3.8, 4) is 17.0 Å². The van der Waals surface area contributed by atoms with E-state index in [1.165, 1.54) is 0 Å².